The normalized spacial score (nSPS) is 12.9. The van der Waals surface area contributed by atoms with Gasteiger partial charge >= 0.3 is 0 Å². The number of fused-ring (bicyclic) bond motifs is 1. The molecule has 0 saturated carbocycles. The summed E-state index contributed by atoms with van der Waals surface area (Å²) >= 11 is 1.67. The van der Waals surface area contributed by atoms with Gasteiger partial charge in [-0.1, -0.05) is 13.0 Å². The van der Waals surface area contributed by atoms with Crippen molar-refractivity contribution in [1.29, 1.82) is 0 Å². The molecule has 0 radical (unpaired) electrons. The number of nitrogens with zero attached hydrogens (tertiary/aromatic N) is 3. The van der Waals surface area contributed by atoms with Gasteiger partial charge in [0.2, 0.25) is 0 Å². The summed E-state index contributed by atoms with van der Waals surface area (Å²) in [5.74, 6) is 0. The van der Waals surface area contributed by atoms with Crippen molar-refractivity contribution in [3.05, 3.63) is 53.1 Å². The topological polar surface area (TPSA) is 42.2 Å². The summed E-state index contributed by atoms with van der Waals surface area (Å²) in [6.45, 7) is 5.20. The molecule has 0 aliphatic carbocycles. The number of nitrogens with one attached hydrogen (secondary N) is 1. The van der Waals surface area contributed by atoms with Crippen LogP contribution < -0.4 is 5.32 Å². The largest absolute Gasteiger partial charge is 0.310 e. The number of hydrogen-bond acceptors (Lipinski definition) is 4. The summed E-state index contributed by atoms with van der Waals surface area (Å²) in [5.41, 5.74) is 3.40. The average Bonchev–Trinajstić information content (AvgIpc) is 3.05. The molecule has 0 spiro atoms. The van der Waals surface area contributed by atoms with Crippen LogP contribution >= 0.6 is 11.3 Å². The molecular formula is C16H20N4S. The van der Waals surface area contributed by atoms with Crippen molar-refractivity contribution in [2.45, 2.75) is 32.7 Å². The van der Waals surface area contributed by atoms with Crippen LogP contribution in [-0.2, 0) is 6.42 Å². The van der Waals surface area contributed by atoms with Gasteiger partial charge in [0.1, 0.15) is 0 Å². The van der Waals surface area contributed by atoms with E-state index in [1.54, 1.807) is 11.3 Å². The van der Waals surface area contributed by atoms with Crippen LogP contribution in [0.2, 0.25) is 0 Å². The molecule has 110 valence electrons. The fourth-order valence-electron chi connectivity index (χ4n) is 2.40. The lowest BCUT2D eigenvalue weighted by Gasteiger charge is -2.17. The standard InChI is InChI=1S/C16H20N4S/c1-3-6-17-15(13-5-4-12(2)18-10-13)9-14-11-20-7-8-21-16(20)19-14/h4-5,7-8,10-11,15,17H,3,6,9H2,1-2H3. The summed E-state index contributed by atoms with van der Waals surface area (Å²) in [4.78, 5) is 10.2. The monoisotopic (exact) mass is 300 g/mol. The maximum Gasteiger partial charge on any atom is 0.193 e. The number of rotatable bonds is 6. The van der Waals surface area contributed by atoms with Crippen LogP contribution in [0.4, 0.5) is 0 Å². The fraction of sp³-hybridized carbons (Fsp3) is 0.375. The van der Waals surface area contributed by atoms with Gasteiger partial charge in [-0.05, 0) is 31.5 Å². The molecule has 3 aromatic heterocycles. The van der Waals surface area contributed by atoms with E-state index >= 15 is 0 Å². The van der Waals surface area contributed by atoms with Crippen LogP contribution in [0.15, 0.2) is 36.1 Å². The highest BCUT2D eigenvalue weighted by Crippen LogP contribution is 2.19. The molecule has 1 atom stereocenters. The highest BCUT2D eigenvalue weighted by molar-refractivity contribution is 7.15. The number of imidazole rings is 1. The van der Waals surface area contributed by atoms with Crippen molar-refractivity contribution in [1.82, 2.24) is 19.7 Å². The van der Waals surface area contributed by atoms with Gasteiger partial charge in [-0.2, -0.15) is 0 Å². The zero-order valence-electron chi connectivity index (χ0n) is 12.4. The van der Waals surface area contributed by atoms with Crippen molar-refractivity contribution < 1.29 is 0 Å². The Morgan fingerprint density at radius 1 is 1.38 bits per heavy atom. The molecular weight excluding hydrogens is 280 g/mol. The molecule has 3 heterocycles. The smallest absolute Gasteiger partial charge is 0.193 e. The van der Waals surface area contributed by atoms with Crippen molar-refractivity contribution in [2.75, 3.05) is 6.54 Å². The van der Waals surface area contributed by atoms with E-state index in [1.807, 2.05) is 13.1 Å². The summed E-state index contributed by atoms with van der Waals surface area (Å²) in [6.07, 6.45) is 8.15. The Balaban J connectivity index is 1.81. The molecule has 0 aliphatic heterocycles. The van der Waals surface area contributed by atoms with E-state index in [4.69, 9.17) is 0 Å². The maximum absolute atomic E-state index is 4.68. The number of aromatic nitrogens is 3. The number of aryl methyl sites for hydroxylation is 1. The number of hydrogen-bond donors (Lipinski definition) is 1. The molecule has 0 amide bonds. The van der Waals surface area contributed by atoms with Crippen molar-refractivity contribution in [3.63, 3.8) is 0 Å². The first-order valence-corrected chi connectivity index (χ1v) is 8.21. The van der Waals surface area contributed by atoms with Crippen LogP contribution in [0, 0.1) is 6.92 Å². The number of pyridine rings is 1. The zero-order valence-corrected chi connectivity index (χ0v) is 13.2. The van der Waals surface area contributed by atoms with Crippen molar-refractivity contribution in [2.24, 2.45) is 0 Å². The lowest BCUT2D eigenvalue weighted by molar-refractivity contribution is 0.524. The highest BCUT2D eigenvalue weighted by atomic mass is 32.1. The number of thiazole rings is 1. The molecule has 1 N–H and O–H groups in total. The molecule has 3 rings (SSSR count). The summed E-state index contributed by atoms with van der Waals surface area (Å²) in [7, 11) is 0. The summed E-state index contributed by atoms with van der Waals surface area (Å²) < 4.78 is 2.09. The Hall–Kier alpha value is -1.72. The van der Waals surface area contributed by atoms with E-state index in [0.717, 1.165) is 35.7 Å². The van der Waals surface area contributed by atoms with E-state index < -0.39 is 0 Å². The lowest BCUT2D eigenvalue weighted by Crippen LogP contribution is -2.24. The molecule has 0 bridgehead atoms. The average molecular weight is 300 g/mol. The predicted molar refractivity (Wildman–Crippen MR) is 86.8 cm³/mol. The SMILES string of the molecule is CCCNC(Cc1cn2ccsc2n1)c1ccc(C)nc1. The molecule has 0 saturated heterocycles. The van der Waals surface area contributed by atoms with Gasteiger partial charge in [0, 0.05) is 42.1 Å². The van der Waals surface area contributed by atoms with E-state index in [2.05, 4.69) is 56.5 Å². The summed E-state index contributed by atoms with van der Waals surface area (Å²) in [5, 5.41) is 5.66. The van der Waals surface area contributed by atoms with Gasteiger partial charge in [0.25, 0.3) is 0 Å². The highest BCUT2D eigenvalue weighted by Gasteiger charge is 2.14. The zero-order chi connectivity index (χ0) is 14.7. The molecule has 4 nitrogen and oxygen atoms in total. The van der Waals surface area contributed by atoms with Gasteiger partial charge in [-0.25, -0.2) is 4.98 Å². The molecule has 21 heavy (non-hydrogen) atoms. The van der Waals surface area contributed by atoms with E-state index in [0.29, 0.717) is 0 Å². The van der Waals surface area contributed by atoms with Gasteiger partial charge in [0.15, 0.2) is 4.96 Å². The minimum atomic E-state index is 0.266. The Morgan fingerprint density at radius 3 is 3.00 bits per heavy atom. The molecule has 1 unspecified atom stereocenters. The third-order valence-corrected chi connectivity index (χ3v) is 4.30. The second kappa shape index (κ2) is 6.37. The van der Waals surface area contributed by atoms with Crippen LogP contribution in [0.3, 0.4) is 0 Å². The second-order valence-corrected chi connectivity index (χ2v) is 6.14. The predicted octanol–water partition coefficient (Wildman–Crippen LogP) is 3.38. The quantitative estimate of drug-likeness (QED) is 0.759. The summed E-state index contributed by atoms with van der Waals surface area (Å²) in [6, 6.07) is 4.50. The van der Waals surface area contributed by atoms with Crippen molar-refractivity contribution >= 4 is 16.3 Å². The van der Waals surface area contributed by atoms with Gasteiger partial charge in [0.05, 0.1) is 5.69 Å². The Labute approximate surface area is 128 Å². The molecule has 0 aromatic carbocycles. The van der Waals surface area contributed by atoms with Crippen molar-refractivity contribution in [3.8, 4) is 0 Å². The van der Waals surface area contributed by atoms with E-state index in [-0.39, 0.29) is 6.04 Å². The Morgan fingerprint density at radius 2 is 2.29 bits per heavy atom. The minimum Gasteiger partial charge on any atom is -0.310 e. The maximum atomic E-state index is 4.68. The van der Waals surface area contributed by atoms with Gasteiger partial charge < -0.3 is 5.32 Å². The first kappa shape index (κ1) is 14.2. The van der Waals surface area contributed by atoms with Crippen LogP contribution in [0.1, 0.15) is 36.3 Å². The lowest BCUT2D eigenvalue weighted by atomic mass is 10.0. The molecule has 0 aliphatic rings. The molecule has 5 heteroatoms. The van der Waals surface area contributed by atoms with Crippen LogP contribution in [-0.4, -0.2) is 20.9 Å². The first-order chi connectivity index (χ1) is 10.3. The third kappa shape index (κ3) is 3.31. The molecule has 0 fully saturated rings. The van der Waals surface area contributed by atoms with Crippen LogP contribution in [0.25, 0.3) is 4.96 Å². The third-order valence-electron chi connectivity index (χ3n) is 3.53. The van der Waals surface area contributed by atoms with Gasteiger partial charge in [-0.3, -0.25) is 9.38 Å². The minimum absolute atomic E-state index is 0.266. The Kier molecular flexibility index (Phi) is 4.31. The molecule has 3 aromatic rings. The van der Waals surface area contributed by atoms with E-state index in [1.165, 1.54) is 5.56 Å². The second-order valence-electron chi connectivity index (χ2n) is 5.27. The first-order valence-electron chi connectivity index (χ1n) is 7.33. The van der Waals surface area contributed by atoms with Gasteiger partial charge in [-0.15, -0.1) is 11.3 Å². The van der Waals surface area contributed by atoms with Crippen LogP contribution in [0.5, 0.6) is 0 Å². The fourth-order valence-corrected chi connectivity index (χ4v) is 3.11. The Bertz CT molecular complexity index is 670. The van der Waals surface area contributed by atoms with E-state index in [9.17, 15) is 0 Å².